The largest absolute Gasteiger partial charge is 0.404 e. The minimum absolute atomic E-state index is 0.491. The van der Waals surface area contributed by atoms with E-state index in [1.807, 2.05) is 0 Å². The van der Waals surface area contributed by atoms with Gasteiger partial charge in [-0.3, -0.25) is 0 Å². The minimum atomic E-state index is -0.922. The summed E-state index contributed by atoms with van der Waals surface area (Å²) in [5.41, 5.74) is 4.87. The van der Waals surface area contributed by atoms with Crippen LogP contribution < -0.4 is 11.1 Å². The van der Waals surface area contributed by atoms with Crippen LogP contribution in [0, 0.1) is 5.41 Å². The van der Waals surface area contributed by atoms with E-state index in [1.165, 1.54) is 6.20 Å². The van der Waals surface area contributed by atoms with Crippen molar-refractivity contribution in [3.63, 3.8) is 0 Å². The van der Waals surface area contributed by atoms with Gasteiger partial charge in [0.1, 0.15) is 5.60 Å². The molecule has 0 spiro atoms. The fourth-order valence-corrected chi connectivity index (χ4v) is 1.47. The van der Waals surface area contributed by atoms with Gasteiger partial charge in [-0.1, -0.05) is 0 Å². The number of hydrogen-bond acceptors (Lipinski definition) is 4. The summed E-state index contributed by atoms with van der Waals surface area (Å²) in [4.78, 5) is 0. The fourth-order valence-electron chi connectivity index (χ4n) is 1.47. The Hall–Kier alpha value is -0.870. The monoisotopic (exact) mass is 169 g/mol. The van der Waals surface area contributed by atoms with Crippen LogP contribution in [-0.4, -0.2) is 30.0 Å². The lowest BCUT2D eigenvalue weighted by molar-refractivity contribution is 0.0580. The van der Waals surface area contributed by atoms with E-state index in [-0.39, 0.29) is 0 Å². The molecule has 0 radical (unpaired) electrons. The van der Waals surface area contributed by atoms with E-state index in [1.54, 1.807) is 0 Å². The molecule has 0 amide bonds. The average Bonchev–Trinajstić information content (AvgIpc) is 2.07. The second-order valence-corrected chi connectivity index (χ2v) is 3.08. The van der Waals surface area contributed by atoms with Gasteiger partial charge in [-0.05, 0) is 19.4 Å². The number of hydrogen-bond donors (Lipinski definition) is 4. The molecule has 1 saturated heterocycles. The Bertz CT molecular complexity index is 194. The second kappa shape index (κ2) is 3.69. The summed E-state index contributed by atoms with van der Waals surface area (Å²) in [6.45, 7) is 1.42. The Morgan fingerprint density at radius 3 is 2.83 bits per heavy atom. The lowest BCUT2D eigenvalue weighted by atomic mass is 9.87. The molecule has 1 unspecified atom stereocenters. The van der Waals surface area contributed by atoms with E-state index in [0.29, 0.717) is 18.5 Å². The Labute approximate surface area is 72.0 Å². The van der Waals surface area contributed by atoms with E-state index >= 15 is 0 Å². The molecular weight excluding hydrogens is 154 g/mol. The van der Waals surface area contributed by atoms with Crippen molar-refractivity contribution in [2.75, 3.05) is 13.1 Å². The summed E-state index contributed by atoms with van der Waals surface area (Å²) in [6.07, 6.45) is 4.02. The predicted molar refractivity (Wildman–Crippen MR) is 48.1 cm³/mol. The smallest absolute Gasteiger partial charge is 0.105 e. The molecule has 1 atom stereocenters. The highest BCUT2D eigenvalue weighted by atomic mass is 16.3. The maximum atomic E-state index is 9.97. The summed E-state index contributed by atoms with van der Waals surface area (Å²) in [6, 6.07) is 0. The van der Waals surface area contributed by atoms with Crippen LogP contribution in [0.3, 0.4) is 0 Å². The number of nitrogens with two attached hydrogens (primary N) is 1. The SMILES string of the molecule is N=C/C(=C\N)C1(O)CCCNC1. The van der Waals surface area contributed by atoms with Crippen LogP contribution in [0.5, 0.6) is 0 Å². The Kier molecular flexibility index (Phi) is 2.83. The maximum absolute atomic E-state index is 9.97. The van der Waals surface area contributed by atoms with Crippen molar-refractivity contribution >= 4 is 6.21 Å². The first-order chi connectivity index (χ1) is 5.73. The zero-order valence-corrected chi connectivity index (χ0v) is 7.01. The van der Waals surface area contributed by atoms with Crippen molar-refractivity contribution in [1.29, 1.82) is 5.41 Å². The third-order valence-corrected chi connectivity index (χ3v) is 2.23. The second-order valence-electron chi connectivity index (χ2n) is 3.08. The summed E-state index contributed by atoms with van der Waals surface area (Å²) in [7, 11) is 0. The van der Waals surface area contributed by atoms with Gasteiger partial charge >= 0.3 is 0 Å². The third-order valence-electron chi connectivity index (χ3n) is 2.23. The molecule has 1 aliphatic heterocycles. The van der Waals surface area contributed by atoms with Crippen molar-refractivity contribution in [2.45, 2.75) is 18.4 Å². The van der Waals surface area contributed by atoms with E-state index in [0.717, 1.165) is 19.2 Å². The number of piperidine rings is 1. The van der Waals surface area contributed by atoms with Crippen LogP contribution in [0.2, 0.25) is 0 Å². The normalized spacial score (nSPS) is 31.6. The molecule has 0 saturated carbocycles. The quantitative estimate of drug-likeness (QED) is 0.424. The molecule has 4 nitrogen and oxygen atoms in total. The molecule has 0 aromatic carbocycles. The zero-order chi connectivity index (χ0) is 9.03. The Morgan fingerprint density at radius 2 is 2.42 bits per heavy atom. The lowest BCUT2D eigenvalue weighted by Crippen LogP contribution is -2.47. The highest BCUT2D eigenvalue weighted by molar-refractivity contribution is 5.78. The first kappa shape index (κ1) is 9.22. The number of rotatable bonds is 2. The Balaban J connectivity index is 2.74. The summed E-state index contributed by atoms with van der Waals surface area (Å²) >= 11 is 0. The van der Waals surface area contributed by atoms with E-state index in [2.05, 4.69) is 5.32 Å². The number of aliphatic hydroxyl groups is 1. The molecule has 5 N–H and O–H groups in total. The van der Waals surface area contributed by atoms with Crippen LogP contribution >= 0.6 is 0 Å². The highest BCUT2D eigenvalue weighted by Gasteiger charge is 2.31. The van der Waals surface area contributed by atoms with Crippen LogP contribution in [0.15, 0.2) is 11.8 Å². The van der Waals surface area contributed by atoms with Gasteiger partial charge in [0.05, 0.1) is 0 Å². The number of nitrogens with one attached hydrogen (secondary N) is 2. The first-order valence-electron chi connectivity index (χ1n) is 4.09. The molecule has 1 heterocycles. The molecule has 68 valence electrons. The molecule has 4 heteroatoms. The van der Waals surface area contributed by atoms with Crippen molar-refractivity contribution in [3.05, 3.63) is 11.8 Å². The molecule has 0 bridgehead atoms. The molecule has 1 fully saturated rings. The molecule has 0 aromatic heterocycles. The van der Waals surface area contributed by atoms with Gasteiger partial charge < -0.3 is 21.6 Å². The van der Waals surface area contributed by atoms with E-state index < -0.39 is 5.60 Å². The zero-order valence-electron chi connectivity index (χ0n) is 7.01. The van der Waals surface area contributed by atoms with Crippen molar-refractivity contribution in [2.24, 2.45) is 5.73 Å². The first-order valence-corrected chi connectivity index (χ1v) is 4.09. The molecule has 0 aliphatic carbocycles. The van der Waals surface area contributed by atoms with Gasteiger partial charge in [0.15, 0.2) is 0 Å². The topological polar surface area (TPSA) is 82.1 Å². The maximum Gasteiger partial charge on any atom is 0.105 e. The number of β-amino-alcohol motifs (C(OH)–C–C–N with tert-alkyl or cyclic N) is 1. The Morgan fingerprint density at radius 1 is 1.67 bits per heavy atom. The minimum Gasteiger partial charge on any atom is -0.404 e. The van der Waals surface area contributed by atoms with Crippen LogP contribution in [0.25, 0.3) is 0 Å². The van der Waals surface area contributed by atoms with Gasteiger partial charge in [-0.15, -0.1) is 0 Å². The van der Waals surface area contributed by atoms with Crippen LogP contribution in [-0.2, 0) is 0 Å². The van der Waals surface area contributed by atoms with E-state index in [9.17, 15) is 5.11 Å². The van der Waals surface area contributed by atoms with Gasteiger partial charge in [-0.25, -0.2) is 0 Å². The van der Waals surface area contributed by atoms with E-state index in [4.69, 9.17) is 11.1 Å². The molecule has 1 aliphatic rings. The highest BCUT2D eigenvalue weighted by Crippen LogP contribution is 2.22. The summed E-state index contributed by atoms with van der Waals surface area (Å²) in [5, 5.41) is 20.1. The van der Waals surface area contributed by atoms with Gasteiger partial charge in [-0.2, -0.15) is 0 Å². The third kappa shape index (κ3) is 1.65. The summed E-state index contributed by atoms with van der Waals surface area (Å²) in [5.74, 6) is 0. The molecule has 0 aromatic rings. The molecular formula is C8H15N3O. The predicted octanol–water partition coefficient (Wildman–Crippen LogP) is -0.407. The lowest BCUT2D eigenvalue weighted by Gasteiger charge is -2.33. The summed E-state index contributed by atoms with van der Waals surface area (Å²) < 4.78 is 0. The fraction of sp³-hybridized carbons (Fsp3) is 0.625. The van der Waals surface area contributed by atoms with Gasteiger partial charge in [0, 0.05) is 24.5 Å². The standard InChI is InChI=1S/C8H15N3O/c9-4-7(5-10)8(12)2-1-3-11-6-8/h4-5,9,11-12H,1-3,6,10H2/b7-5+,9-4?. The van der Waals surface area contributed by atoms with Crippen LogP contribution in [0.4, 0.5) is 0 Å². The average molecular weight is 169 g/mol. The van der Waals surface area contributed by atoms with Crippen molar-refractivity contribution in [1.82, 2.24) is 5.32 Å². The van der Waals surface area contributed by atoms with Crippen molar-refractivity contribution < 1.29 is 5.11 Å². The van der Waals surface area contributed by atoms with Gasteiger partial charge in [0.2, 0.25) is 0 Å². The molecule has 12 heavy (non-hydrogen) atoms. The van der Waals surface area contributed by atoms with Gasteiger partial charge in [0.25, 0.3) is 0 Å². The van der Waals surface area contributed by atoms with Crippen LogP contribution in [0.1, 0.15) is 12.8 Å². The van der Waals surface area contributed by atoms with Crippen molar-refractivity contribution in [3.8, 4) is 0 Å². The molecule has 1 rings (SSSR count).